The number of esters is 1. The second-order valence-corrected chi connectivity index (χ2v) is 9.81. The van der Waals surface area contributed by atoms with Crippen LogP contribution < -0.4 is 14.8 Å². The highest BCUT2D eigenvalue weighted by Gasteiger charge is 2.19. The fourth-order valence-corrected chi connectivity index (χ4v) is 3.78. The van der Waals surface area contributed by atoms with Crippen molar-refractivity contribution in [2.45, 2.75) is 59.5 Å². The Morgan fingerprint density at radius 2 is 1.54 bits per heavy atom. The Balaban J connectivity index is 1.72. The molecule has 6 nitrogen and oxygen atoms in total. The van der Waals surface area contributed by atoms with E-state index in [1.54, 1.807) is 42.5 Å². The third kappa shape index (κ3) is 7.84. The van der Waals surface area contributed by atoms with Crippen molar-refractivity contribution >= 4 is 17.6 Å². The van der Waals surface area contributed by atoms with Crippen molar-refractivity contribution in [1.29, 1.82) is 0 Å². The van der Waals surface area contributed by atoms with Gasteiger partial charge in [-0.15, -0.1) is 0 Å². The molecule has 3 aromatic rings. The Morgan fingerprint density at radius 3 is 2.22 bits per heavy atom. The molecule has 3 rings (SSSR count). The van der Waals surface area contributed by atoms with Crippen LogP contribution in [0.25, 0.3) is 0 Å². The summed E-state index contributed by atoms with van der Waals surface area (Å²) < 4.78 is 17.2. The van der Waals surface area contributed by atoms with Crippen molar-refractivity contribution in [3.63, 3.8) is 0 Å². The molecule has 3 aromatic carbocycles. The van der Waals surface area contributed by atoms with E-state index < -0.39 is 0 Å². The van der Waals surface area contributed by atoms with Gasteiger partial charge < -0.3 is 19.5 Å². The lowest BCUT2D eigenvalue weighted by Crippen LogP contribution is -2.14. The molecule has 0 fully saturated rings. The molecule has 6 heteroatoms. The number of rotatable bonds is 11. The van der Waals surface area contributed by atoms with E-state index >= 15 is 0 Å². The van der Waals surface area contributed by atoms with Gasteiger partial charge >= 0.3 is 5.97 Å². The smallest absolute Gasteiger partial charge is 0.338 e. The van der Waals surface area contributed by atoms with Gasteiger partial charge in [0.1, 0.15) is 18.1 Å². The molecule has 0 spiro atoms. The number of ether oxygens (including phenoxy) is 3. The number of benzene rings is 3. The van der Waals surface area contributed by atoms with Crippen LogP contribution in [0, 0.1) is 0 Å². The Bertz CT molecular complexity index is 1190. The van der Waals surface area contributed by atoms with Gasteiger partial charge in [0.15, 0.2) is 0 Å². The highest BCUT2D eigenvalue weighted by molar-refractivity contribution is 6.04. The molecular weight excluding hydrogens is 466 g/mol. The fraction of sp³-hybridized carbons (Fsp3) is 0.355. The van der Waals surface area contributed by atoms with E-state index in [-0.39, 0.29) is 23.9 Å². The van der Waals surface area contributed by atoms with Gasteiger partial charge in [-0.25, -0.2) is 4.79 Å². The normalized spacial score (nSPS) is 11.1. The first-order valence-corrected chi connectivity index (χ1v) is 12.8. The van der Waals surface area contributed by atoms with Crippen molar-refractivity contribution in [3.05, 3.63) is 89.0 Å². The van der Waals surface area contributed by atoms with Gasteiger partial charge in [0.05, 0.1) is 18.8 Å². The first-order chi connectivity index (χ1) is 17.7. The van der Waals surface area contributed by atoms with E-state index in [0.29, 0.717) is 35.8 Å². The lowest BCUT2D eigenvalue weighted by molar-refractivity contribution is 0.0499. The predicted octanol–water partition coefficient (Wildman–Crippen LogP) is 7.17. The minimum Gasteiger partial charge on any atom is -0.493 e. The lowest BCUT2D eigenvalue weighted by atomic mass is 9.86. The Hall–Kier alpha value is -3.80. The Labute approximate surface area is 220 Å². The summed E-state index contributed by atoms with van der Waals surface area (Å²) >= 11 is 0. The minimum absolute atomic E-state index is 0.0666. The summed E-state index contributed by atoms with van der Waals surface area (Å²) in [5, 5.41) is 2.89. The topological polar surface area (TPSA) is 73.9 Å². The molecule has 0 aliphatic rings. The Morgan fingerprint density at radius 1 is 0.838 bits per heavy atom. The summed E-state index contributed by atoms with van der Waals surface area (Å²) in [4.78, 5) is 25.1. The van der Waals surface area contributed by atoms with Gasteiger partial charge in [-0.05, 0) is 72.9 Å². The van der Waals surface area contributed by atoms with Gasteiger partial charge in [-0.1, -0.05) is 52.3 Å². The number of para-hydroxylation sites is 1. The number of anilines is 1. The zero-order chi connectivity index (χ0) is 26.8. The number of carbonyl (C=O) groups excluding carboxylic acids is 2. The zero-order valence-electron chi connectivity index (χ0n) is 22.4. The molecule has 1 N–H and O–H groups in total. The predicted molar refractivity (Wildman–Crippen MR) is 147 cm³/mol. The zero-order valence-corrected chi connectivity index (χ0v) is 22.4. The third-order valence-corrected chi connectivity index (χ3v) is 5.81. The summed E-state index contributed by atoms with van der Waals surface area (Å²) in [6, 6.07) is 20.0. The van der Waals surface area contributed by atoms with Crippen molar-refractivity contribution in [2.75, 3.05) is 18.5 Å². The van der Waals surface area contributed by atoms with E-state index in [9.17, 15) is 9.59 Å². The van der Waals surface area contributed by atoms with Gasteiger partial charge in [-0.3, -0.25) is 4.79 Å². The Kier molecular flexibility index (Phi) is 9.72. The molecule has 196 valence electrons. The molecule has 0 aliphatic heterocycles. The van der Waals surface area contributed by atoms with E-state index in [1.165, 1.54) is 0 Å². The fourth-order valence-electron chi connectivity index (χ4n) is 3.78. The highest BCUT2D eigenvalue weighted by Crippen LogP contribution is 2.32. The van der Waals surface area contributed by atoms with Gasteiger partial charge in [0.2, 0.25) is 0 Å². The van der Waals surface area contributed by atoms with Gasteiger partial charge in [-0.2, -0.15) is 0 Å². The molecule has 0 radical (unpaired) electrons. The molecule has 0 saturated heterocycles. The molecule has 0 aliphatic carbocycles. The molecule has 0 bridgehead atoms. The van der Waals surface area contributed by atoms with Crippen LogP contribution in [0.5, 0.6) is 11.5 Å². The van der Waals surface area contributed by atoms with Crippen LogP contribution in [0.1, 0.15) is 79.3 Å². The molecule has 0 aromatic heterocycles. The number of nitrogens with one attached hydrogen (secondary N) is 1. The van der Waals surface area contributed by atoms with Crippen LogP contribution in [-0.4, -0.2) is 25.1 Å². The minimum atomic E-state index is -0.365. The van der Waals surface area contributed by atoms with Crippen molar-refractivity contribution < 1.29 is 23.8 Å². The molecule has 1 amide bonds. The monoisotopic (exact) mass is 503 g/mol. The SMILES string of the molecule is CCCCOC(=O)c1ccc(NC(=O)c2ccc(OCC)c(COc3ccccc3C(C)(C)C)c2)cc1. The first kappa shape index (κ1) is 27.8. The van der Waals surface area contributed by atoms with Gasteiger partial charge in [0, 0.05) is 16.8 Å². The average Bonchev–Trinajstić information content (AvgIpc) is 2.88. The van der Waals surface area contributed by atoms with Crippen molar-refractivity contribution in [1.82, 2.24) is 0 Å². The van der Waals surface area contributed by atoms with E-state index in [0.717, 1.165) is 29.7 Å². The largest absolute Gasteiger partial charge is 0.493 e. The van der Waals surface area contributed by atoms with E-state index in [1.807, 2.05) is 32.0 Å². The summed E-state index contributed by atoms with van der Waals surface area (Å²) in [6.07, 6.45) is 1.79. The maximum Gasteiger partial charge on any atom is 0.338 e. The van der Waals surface area contributed by atoms with Crippen LogP contribution in [0.4, 0.5) is 5.69 Å². The van der Waals surface area contributed by atoms with E-state index in [2.05, 4.69) is 32.2 Å². The number of hydrogen-bond donors (Lipinski definition) is 1. The van der Waals surface area contributed by atoms with Crippen LogP contribution in [-0.2, 0) is 16.8 Å². The van der Waals surface area contributed by atoms with Gasteiger partial charge in [0.25, 0.3) is 5.91 Å². The molecule has 37 heavy (non-hydrogen) atoms. The molecule has 0 heterocycles. The van der Waals surface area contributed by atoms with Crippen molar-refractivity contribution in [3.8, 4) is 11.5 Å². The summed E-state index contributed by atoms with van der Waals surface area (Å²) in [6.45, 7) is 11.6. The maximum absolute atomic E-state index is 13.0. The van der Waals surface area contributed by atoms with E-state index in [4.69, 9.17) is 14.2 Å². The molecule has 0 atom stereocenters. The lowest BCUT2D eigenvalue weighted by Gasteiger charge is -2.23. The summed E-state index contributed by atoms with van der Waals surface area (Å²) in [5.41, 5.74) is 3.34. The molecule has 0 unspecified atom stereocenters. The highest BCUT2D eigenvalue weighted by atomic mass is 16.5. The average molecular weight is 504 g/mol. The second-order valence-electron chi connectivity index (χ2n) is 9.81. The van der Waals surface area contributed by atoms with Crippen LogP contribution in [0.2, 0.25) is 0 Å². The molecule has 0 saturated carbocycles. The standard InChI is InChI=1S/C31H37NO5/c1-6-8-19-36-30(34)22-13-16-25(17-14-22)32-29(33)23-15-18-27(35-7-2)24(20-23)21-37-28-12-10-9-11-26(28)31(3,4)5/h9-18,20H,6-8,19,21H2,1-5H3,(H,32,33). The number of amides is 1. The number of unbranched alkanes of at least 4 members (excludes halogenated alkanes) is 1. The van der Waals surface area contributed by atoms with Crippen LogP contribution in [0.3, 0.4) is 0 Å². The third-order valence-electron chi connectivity index (χ3n) is 5.81. The summed E-state index contributed by atoms with van der Waals surface area (Å²) in [5.74, 6) is 0.854. The first-order valence-electron chi connectivity index (χ1n) is 12.8. The van der Waals surface area contributed by atoms with Crippen LogP contribution in [0.15, 0.2) is 66.7 Å². The number of carbonyl (C=O) groups is 2. The summed E-state index contributed by atoms with van der Waals surface area (Å²) in [7, 11) is 0. The quantitative estimate of drug-likeness (QED) is 0.222. The second kappa shape index (κ2) is 12.9. The van der Waals surface area contributed by atoms with Crippen molar-refractivity contribution in [2.24, 2.45) is 0 Å². The molecular formula is C31H37NO5. The number of hydrogen-bond acceptors (Lipinski definition) is 5. The van der Waals surface area contributed by atoms with Crippen LogP contribution >= 0.6 is 0 Å². The maximum atomic E-state index is 13.0.